The van der Waals surface area contributed by atoms with Crippen LogP contribution in [0.2, 0.25) is 0 Å². The van der Waals surface area contributed by atoms with Crippen LogP contribution in [0, 0.1) is 0 Å². The first-order valence-corrected chi connectivity index (χ1v) is 12.3. The summed E-state index contributed by atoms with van der Waals surface area (Å²) in [5, 5.41) is 0. The number of benzene rings is 3. The van der Waals surface area contributed by atoms with E-state index in [4.69, 9.17) is 0 Å². The minimum absolute atomic E-state index is 0.00798. The molecule has 0 radical (unpaired) electrons. The number of hydrogen-bond acceptors (Lipinski definition) is 4. The van der Waals surface area contributed by atoms with Crippen LogP contribution in [0.1, 0.15) is 52.6 Å². The van der Waals surface area contributed by atoms with Gasteiger partial charge in [-0.25, -0.2) is 0 Å². The number of nitrogens with zero attached hydrogens (tertiary/aromatic N) is 1. The quantitative estimate of drug-likeness (QED) is 0.276. The molecule has 0 aliphatic carbocycles. The van der Waals surface area contributed by atoms with E-state index in [2.05, 4.69) is 18.7 Å². The first-order chi connectivity index (χ1) is 15.4. The second-order valence-electron chi connectivity index (χ2n) is 8.07. The van der Waals surface area contributed by atoms with Gasteiger partial charge in [0.15, 0.2) is 11.6 Å². The third kappa shape index (κ3) is 5.20. The minimum atomic E-state index is -0.671. The van der Waals surface area contributed by atoms with Gasteiger partial charge in [-0.05, 0) is 50.4 Å². The molecule has 0 saturated heterocycles. The average molecular weight is 446 g/mol. The monoisotopic (exact) mass is 445 g/mol. The van der Waals surface area contributed by atoms with Crippen molar-refractivity contribution in [1.29, 1.82) is 0 Å². The molecule has 1 atom stereocenters. The zero-order chi connectivity index (χ0) is 23.1. The standard InChI is InChI=1S/C28H31NO2S/c1-5-29(6-2)28(3,27(31)24-16-18-25(32-4)19-17-24)20-21-12-14-23(15-13-21)26(30)22-10-8-7-9-11-22/h7-19H,5-6,20H2,1-4H3. The number of hydrogen-bond donors (Lipinski definition) is 0. The molecule has 0 aliphatic rings. The van der Waals surface area contributed by atoms with Gasteiger partial charge in [-0.1, -0.05) is 80.6 Å². The summed E-state index contributed by atoms with van der Waals surface area (Å²) < 4.78 is 0. The third-order valence-corrected chi connectivity index (χ3v) is 6.85. The molecule has 0 spiro atoms. The van der Waals surface area contributed by atoms with Crippen LogP contribution >= 0.6 is 11.8 Å². The first kappa shape index (κ1) is 24.0. The number of carbonyl (C=O) groups is 2. The van der Waals surface area contributed by atoms with E-state index in [1.807, 2.05) is 92.0 Å². The van der Waals surface area contributed by atoms with Crippen LogP contribution in [-0.4, -0.2) is 41.4 Å². The lowest BCUT2D eigenvalue weighted by Gasteiger charge is -2.39. The minimum Gasteiger partial charge on any atom is -0.292 e. The molecule has 4 heteroatoms. The summed E-state index contributed by atoms with van der Waals surface area (Å²) in [6, 6.07) is 24.8. The summed E-state index contributed by atoms with van der Waals surface area (Å²) in [5.74, 6) is 0.131. The van der Waals surface area contributed by atoms with Crippen LogP contribution in [0.25, 0.3) is 0 Å². The van der Waals surface area contributed by atoms with Gasteiger partial charge in [0.2, 0.25) is 0 Å². The van der Waals surface area contributed by atoms with E-state index in [1.54, 1.807) is 11.8 Å². The zero-order valence-electron chi connectivity index (χ0n) is 19.3. The van der Waals surface area contributed by atoms with Crippen LogP contribution in [-0.2, 0) is 6.42 Å². The van der Waals surface area contributed by atoms with E-state index in [9.17, 15) is 9.59 Å². The Hall–Kier alpha value is -2.69. The molecule has 3 aromatic carbocycles. The highest BCUT2D eigenvalue weighted by molar-refractivity contribution is 7.98. The number of rotatable bonds is 10. The number of Topliss-reactive ketones (excluding diaryl/α,β-unsaturated/α-hetero) is 1. The molecular weight excluding hydrogens is 414 g/mol. The molecular formula is C28H31NO2S. The molecule has 0 bridgehead atoms. The summed E-state index contributed by atoms with van der Waals surface area (Å²) in [7, 11) is 0. The Morgan fingerprint density at radius 3 is 1.84 bits per heavy atom. The van der Waals surface area contributed by atoms with Crippen molar-refractivity contribution in [1.82, 2.24) is 4.90 Å². The van der Waals surface area contributed by atoms with Crippen LogP contribution in [0.4, 0.5) is 0 Å². The van der Waals surface area contributed by atoms with Gasteiger partial charge in [0.05, 0.1) is 5.54 Å². The summed E-state index contributed by atoms with van der Waals surface area (Å²) >= 11 is 1.67. The van der Waals surface area contributed by atoms with Crippen molar-refractivity contribution in [3.05, 3.63) is 101 Å². The van der Waals surface area contributed by atoms with E-state index in [-0.39, 0.29) is 11.6 Å². The lowest BCUT2D eigenvalue weighted by atomic mass is 9.83. The Bertz CT molecular complexity index is 1040. The van der Waals surface area contributed by atoms with Crippen molar-refractivity contribution in [2.24, 2.45) is 0 Å². The fourth-order valence-electron chi connectivity index (χ4n) is 4.24. The van der Waals surface area contributed by atoms with Crippen molar-refractivity contribution in [2.45, 2.75) is 37.6 Å². The third-order valence-electron chi connectivity index (χ3n) is 6.10. The van der Waals surface area contributed by atoms with Gasteiger partial charge in [0.1, 0.15) is 0 Å². The summed E-state index contributed by atoms with van der Waals surface area (Å²) in [6.07, 6.45) is 2.61. The first-order valence-electron chi connectivity index (χ1n) is 11.1. The Morgan fingerprint density at radius 2 is 1.31 bits per heavy atom. The van der Waals surface area contributed by atoms with Crippen molar-refractivity contribution in [3.8, 4) is 0 Å². The van der Waals surface area contributed by atoms with E-state index in [1.165, 1.54) is 0 Å². The van der Waals surface area contributed by atoms with E-state index in [0.29, 0.717) is 17.5 Å². The molecule has 3 nitrogen and oxygen atoms in total. The SMILES string of the molecule is CCN(CC)C(C)(Cc1ccc(C(=O)c2ccccc2)cc1)C(=O)c1ccc(SC)cc1. The van der Waals surface area contributed by atoms with Crippen molar-refractivity contribution in [2.75, 3.05) is 19.3 Å². The number of likely N-dealkylation sites (N-methyl/N-ethyl adjacent to an activating group) is 1. The maximum atomic E-state index is 13.7. The zero-order valence-corrected chi connectivity index (χ0v) is 20.1. The van der Waals surface area contributed by atoms with Crippen molar-refractivity contribution >= 4 is 23.3 Å². The van der Waals surface area contributed by atoms with E-state index < -0.39 is 5.54 Å². The number of thioether (sulfide) groups is 1. The smallest absolute Gasteiger partial charge is 0.193 e. The van der Waals surface area contributed by atoms with Gasteiger partial charge in [0.25, 0.3) is 0 Å². The predicted molar refractivity (Wildman–Crippen MR) is 134 cm³/mol. The maximum Gasteiger partial charge on any atom is 0.193 e. The Kier molecular flexibility index (Phi) is 8.05. The lowest BCUT2D eigenvalue weighted by molar-refractivity contribution is 0.0619. The molecule has 1 unspecified atom stereocenters. The van der Waals surface area contributed by atoms with E-state index in [0.717, 1.165) is 29.1 Å². The van der Waals surface area contributed by atoms with Gasteiger partial charge < -0.3 is 0 Å². The highest BCUT2D eigenvalue weighted by atomic mass is 32.2. The molecule has 0 aromatic heterocycles. The van der Waals surface area contributed by atoms with Crippen LogP contribution in [0.3, 0.4) is 0 Å². The molecule has 0 heterocycles. The second kappa shape index (κ2) is 10.8. The molecule has 0 saturated carbocycles. The molecule has 166 valence electrons. The number of ketones is 2. The average Bonchev–Trinajstić information content (AvgIpc) is 2.85. The molecule has 3 aromatic rings. The predicted octanol–water partition coefficient (Wildman–Crippen LogP) is 6.17. The van der Waals surface area contributed by atoms with Crippen molar-refractivity contribution in [3.63, 3.8) is 0 Å². The number of carbonyl (C=O) groups excluding carboxylic acids is 2. The van der Waals surface area contributed by atoms with Crippen LogP contribution in [0.15, 0.2) is 83.8 Å². The van der Waals surface area contributed by atoms with Gasteiger partial charge in [0, 0.05) is 21.6 Å². The Morgan fingerprint density at radius 1 is 0.781 bits per heavy atom. The highest BCUT2D eigenvalue weighted by Crippen LogP contribution is 2.27. The Labute approximate surface area is 195 Å². The normalized spacial score (nSPS) is 13.0. The molecule has 0 amide bonds. The second-order valence-corrected chi connectivity index (χ2v) is 8.95. The topological polar surface area (TPSA) is 37.4 Å². The molecule has 3 rings (SSSR count). The lowest BCUT2D eigenvalue weighted by Crippen LogP contribution is -2.54. The van der Waals surface area contributed by atoms with E-state index >= 15 is 0 Å². The van der Waals surface area contributed by atoms with Crippen LogP contribution < -0.4 is 0 Å². The summed E-state index contributed by atoms with van der Waals surface area (Å²) in [5.41, 5.74) is 2.43. The van der Waals surface area contributed by atoms with Crippen molar-refractivity contribution < 1.29 is 9.59 Å². The largest absolute Gasteiger partial charge is 0.292 e. The van der Waals surface area contributed by atoms with Crippen LogP contribution in [0.5, 0.6) is 0 Å². The summed E-state index contributed by atoms with van der Waals surface area (Å²) in [6.45, 7) is 7.78. The fourth-order valence-corrected chi connectivity index (χ4v) is 4.65. The molecule has 32 heavy (non-hydrogen) atoms. The highest BCUT2D eigenvalue weighted by Gasteiger charge is 2.38. The summed E-state index contributed by atoms with van der Waals surface area (Å²) in [4.78, 5) is 29.8. The maximum absolute atomic E-state index is 13.7. The van der Waals surface area contributed by atoms with Gasteiger partial charge >= 0.3 is 0 Å². The van der Waals surface area contributed by atoms with Gasteiger partial charge in [-0.3, -0.25) is 14.5 Å². The molecule has 0 fully saturated rings. The van der Waals surface area contributed by atoms with Gasteiger partial charge in [-0.2, -0.15) is 0 Å². The fraction of sp³-hybridized carbons (Fsp3) is 0.286. The Balaban J connectivity index is 1.88. The molecule has 0 aliphatic heterocycles. The van der Waals surface area contributed by atoms with Gasteiger partial charge in [-0.15, -0.1) is 11.8 Å². The molecule has 0 N–H and O–H groups in total.